The Kier molecular flexibility index (Phi) is 2.09. The summed E-state index contributed by atoms with van der Waals surface area (Å²) in [6, 6.07) is 0. The molecule has 9 heavy (non-hydrogen) atoms. The van der Waals surface area contributed by atoms with Crippen molar-refractivity contribution < 1.29 is 0 Å². The van der Waals surface area contributed by atoms with Crippen LogP contribution >= 0.6 is 0 Å². The van der Waals surface area contributed by atoms with Crippen LogP contribution in [0.3, 0.4) is 0 Å². The van der Waals surface area contributed by atoms with E-state index in [0.717, 1.165) is 13.1 Å². The smallest absolute Gasteiger partial charge is 0.00720 e. The molecule has 0 amide bonds. The van der Waals surface area contributed by atoms with E-state index in [2.05, 4.69) is 0 Å². The van der Waals surface area contributed by atoms with Gasteiger partial charge in [-0.1, -0.05) is 0 Å². The zero-order chi connectivity index (χ0) is 6.74. The molecule has 0 aromatic heterocycles. The first-order valence-electron chi connectivity index (χ1n) is 3.73. The van der Waals surface area contributed by atoms with Gasteiger partial charge in [0.25, 0.3) is 0 Å². The van der Waals surface area contributed by atoms with Crippen molar-refractivity contribution in [2.45, 2.75) is 25.7 Å². The summed E-state index contributed by atoms with van der Waals surface area (Å²) in [5.74, 6) is 0. The van der Waals surface area contributed by atoms with Crippen LogP contribution in [0.2, 0.25) is 0 Å². The Morgan fingerprint density at radius 3 is 1.67 bits per heavy atom. The predicted molar refractivity (Wildman–Crippen MR) is 39.0 cm³/mol. The van der Waals surface area contributed by atoms with Gasteiger partial charge in [0.2, 0.25) is 0 Å². The van der Waals surface area contributed by atoms with Gasteiger partial charge >= 0.3 is 0 Å². The normalized spacial score (nSPS) is 22.0. The fourth-order valence-corrected chi connectivity index (χ4v) is 1.41. The quantitative estimate of drug-likeness (QED) is 0.578. The molecule has 4 N–H and O–H groups in total. The molecule has 2 nitrogen and oxygen atoms in total. The highest BCUT2D eigenvalue weighted by Gasteiger charge is 2.40. The summed E-state index contributed by atoms with van der Waals surface area (Å²) in [5.41, 5.74) is 11.5. The molecule has 1 fully saturated rings. The Bertz CT molecular complexity index is 78.9. The van der Waals surface area contributed by atoms with Crippen LogP contribution in [0, 0.1) is 5.41 Å². The highest BCUT2D eigenvalue weighted by atomic mass is 14.6. The van der Waals surface area contributed by atoms with Gasteiger partial charge < -0.3 is 11.5 Å². The molecule has 1 aliphatic carbocycles. The summed E-state index contributed by atoms with van der Waals surface area (Å²) >= 11 is 0. The second-order valence-corrected chi connectivity index (χ2v) is 3.08. The van der Waals surface area contributed by atoms with E-state index in [-0.39, 0.29) is 0 Å². The van der Waals surface area contributed by atoms with E-state index in [1.54, 1.807) is 0 Å². The lowest BCUT2D eigenvalue weighted by Gasteiger charge is -2.10. The average molecular weight is 128 g/mol. The average Bonchev–Trinajstić information content (AvgIpc) is 2.51. The second-order valence-electron chi connectivity index (χ2n) is 3.08. The van der Waals surface area contributed by atoms with Crippen LogP contribution in [-0.2, 0) is 0 Å². The lowest BCUT2D eigenvalue weighted by molar-refractivity contribution is 0.443. The van der Waals surface area contributed by atoms with Crippen molar-refractivity contribution in [3.8, 4) is 0 Å². The Balaban J connectivity index is 2.17. The van der Waals surface area contributed by atoms with E-state index >= 15 is 0 Å². The largest absolute Gasteiger partial charge is 0.330 e. The molecule has 0 aliphatic heterocycles. The third-order valence-electron chi connectivity index (χ3n) is 2.31. The van der Waals surface area contributed by atoms with Gasteiger partial charge in [0.1, 0.15) is 0 Å². The number of hydrogen-bond donors (Lipinski definition) is 2. The molecule has 0 spiro atoms. The molecule has 0 unspecified atom stereocenters. The molecule has 0 atom stereocenters. The zero-order valence-electron chi connectivity index (χ0n) is 5.90. The standard InChI is InChI=1S/C7H16N2/c8-5-3-7(1-2-7)4-6-9/h1-6,8-9H2. The first-order chi connectivity index (χ1) is 4.33. The van der Waals surface area contributed by atoms with Crippen LogP contribution in [-0.4, -0.2) is 13.1 Å². The van der Waals surface area contributed by atoms with E-state index in [1.807, 2.05) is 0 Å². The van der Waals surface area contributed by atoms with Crippen LogP contribution in [0.4, 0.5) is 0 Å². The Hall–Kier alpha value is -0.0800. The molecule has 0 saturated heterocycles. The fraction of sp³-hybridized carbons (Fsp3) is 1.00. The van der Waals surface area contributed by atoms with Crippen molar-refractivity contribution >= 4 is 0 Å². The Morgan fingerprint density at radius 2 is 1.44 bits per heavy atom. The molecule has 1 aliphatic rings. The maximum Gasteiger partial charge on any atom is -0.00720 e. The lowest BCUT2D eigenvalue weighted by atomic mass is 9.99. The van der Waals surface area contributed by atoms with Gasteiger partial charge in [0, 0.05) is 0 Å². The van der Waals surface area contributed by atoms with Gasteiger partial charge in [-0.05, 0) is 44.2 Å². The van der Waals surface area contributed by atoms with Crippen LogP contribution in [0.25, 0.3) is 0 Å². The van der Waals surface area contributed by atoms with Gasteiger partial charge in [0.05, 0.1) is 0 Å². The van der Waals surface area contributed by atoms with Crippen molar-refractivity contribution in [1.29, 1.82) is 0 Å². The Labute approximate surface area is 56.6 Å². The first kappa shape index (κ1) is 7.03. The lowest BCUT2D eigenvalue weighted by Crippen LogP contribution is -2.13. The monoisotopic (exact) mass is 128 g/mol. The van der Waals surface area contributed by atoms with Crippen molar-refractivity contribution in [3.05, 3.63) is 0 Å². The molecule has 0 heterocycles. The van der Waals surface area contributed by atoms with Crippen LogP contribution < -0.4 is 11.5 Å². The van der Waals surface area contributed by atoms with Crippen molar-refractivity contribution in [2.75, 3.05) is 13.1 Å². The third kappa shape index (κ3) is 1.66. The second kappa shape index (κ2) is 2.67. The van der Waals surface area contributed by atoms with Crippen LogP contribution in [0.15, 0.2) is 0 Å². The van der Waals surface area contributed by atoms with Gasteiger partial charge in [-0.15, -0.1) is 0 Å². The van der Waals surface area contributed by atoms with E-state index in [0.29, 0.717) is 5.41 Å². The predicted octanol–water partition coefficient (Wildman–Crippen LogP) is 0.464. The fourth-order valence-electron chi connectivity index (χ4n) is 1.41. The molecule has 0 bridgehead atoms. The summed E-state index contributed by atoms with van der Waals surface area (Å²) in [7, 11) is 0. The van der Waals surface area contributed by atoms with Gasteiger partial charge in [-0.25, -0.2) is 0 Å². The maximum atomic E-state index is 5.44. The minimum absolute atomic E-state index is 0.601. The van der Waals surface area contributed by atoms with E-state index < -0.39 is 0 Å². The summed E-state index contributed by atoms with van der Waals surface area (Å²) < 4.78 is 0. The molecule has 0 radical (unpaired) electrons. The Morgan fingerprint density at radius 1 is 1.00 bits per heavy atom. The van der Waals surface area contributed by atoms with Gasteiger partial charge in [0.15, 0.2) is 0 Å². The van der Waals surface area contributed by atoms with Crippen LogP contribution in [0.5, 0.6) is 0 Å². The zero-order valence-corrected chi connectivity index (χ0v) is 5.90. The summed E-state index contributed by atoms with van der Waals surface area (Å²) in [6.45, 7) is 1.67. The highest BCUT2D eigenvalue weighted by Crippen LogP contribution is 2.50. The van der Waals surface area contributed by atoms with Gasteiger partial charge in [-0.3, -0.25) is 0 Å². The number of rotatable bonds is 4. The van der Waals surface area contributed by atoms with Crippen molar-refractivity contribution in [1.82, 2.24) is 0 Å². The number of nitrogens with two attached hydrogens (primary N) is 2. The summed E-state index contributed by atoms with van der Waals surface area (Å²) in [4.78, 5) is 0. The van der Waals surface area contributed by atoms with E-state index in [4.69, 9.17) is 11.5 Å². The van der Waals surface area contributed by atoms with E-state index in [9.17, 15) is 0 Å². The highest BCUT2D eigenvalue weighted by molar-refractivity contribution is 4.92. The molecule has 0 aromatic rings. The molecule has 2 heteroatoms. The number of hydrogen-bond acceptors (Lipinski definition) is 2. The minimum atomic E-state index is 0.601. The molecule has 0 aromatic carbocycles. The summed E-state index contributed by atoms with van der Waals surface area (Å²) in [5, 5.41) is 0. The maximum absolute atomic E-state index is 5.44. The molecular formula is C7H16N2. The van der Waals surface area contributed by atoms with Crippen LogP contribution in [0.1, 0.15) is 25.7 Å². The third-order valence-corrected chi connectivity index (χ3v) is 2.31. The SMILES string of the molecule is NCCC1(CCN)CC1. The molecule has 1 saturated carbocycles. The van der Waals surface area contributed by atoms with Crippen molar-refractivity contribution in [2.24, 2.45) is 16.9 Å². The molecule has 1 rings (SSSR count). The summed E-state index contributed by atoms with van der Waals surface area (Å²) in [6.07, 6.45) is 5.09. The molecule has 54 valence electrons. The first-order valence-corrected chi connectivity index (χ1v) is 3.73. The van der Waals surface area contributed by atoms with Crippen molar-refractivity contribution in [3.63, 3.8) is 0 Å². The minimum Gasteiger partial charge on any atom is -0.330 e. The molecular weight excluding hydrogens is 112 g/mol. The van der Waals surface area contributed by atoms with Gasteiger partial charge in [-0.2, -0.15) is 0 Å². The topological polar surface area (TPSA) is 52.0 Å². The van der Waals surface area contributed by atoms with E-state index in [1.165, 1.54) is 25.7 Å².